The summed E-state index contributed by atoms with van der Waals surface area (Å²) in [7, 11) is 0. The van der Waals surface area contributed by atoms with Gasteiger partial charge in [0.05, 0.1) is 5.69 Å². The average Bonchev–Trinajstić information content (AvgIpc) is 3.38. The highest BCUT2D eigenvalue weighted by atomic mass is 19.1. The number of nitrogens with zero attached hydrogens (tertiary/aromatic N) is 2. The summed E-state index contributed by atoms with van der Waals surface area (Å²) in [5, 5.41) is 6.84. The van der Waals surface area contributed by atoms with Crippen LogP contribution in [-0.2, 0) is 21.5 Å². The first kappa shape index (κ1) is 22.7. The van der Waals surface area contributed by atoms with Crippen molar-refractivity contribution in [1.82, 2.24) is 15.2 Å². The lowest BCUT2D eigenvalue weighted by atomic mass is 9.92. The Balaban J connectivity index is 1.22. The van der Waals surface area contributed by atoms with E-state index in [1.807, 2.05) is 24.3 Å². The summed E-state index contributed by atoms with van der Waals surface area (Å²) in [6.45, 7) is -0.433. The van der Waals surface area contributed by atoms with E-state index in [0.717, 1.165) is 16.0 Å². The number of rotatable bonds is 5. The maximum absolute atomic E-state index is 13.6. The highest BCUT2D eigenvalue weighted by molar-refractivity contribution is 6.12. The highest BCUT2D eigenvalue weighted by Gasteiger charge is 2.55. The molecule has 9 heteroatoms. The molecular weight excluding hydrogens is 475 g/mol. The molecule has 2 aliphatic rings. The van der Waals surface area contributed by atoms with Crippen molar-refractivity contribution < 1.29 is 23.5 Å². The molecule has 1 spiro atoms. The van der Waals surface area contributed by atoms with Gasteiger partial charge in [-0.25, -0.2) is 9.18 Å². The number of imide groups is 1. The van der Waals surface area contributed by atoms with E-state index in [1.54, 1.807) is 42.7 Å². The van der Waals surface area contributed by atoms with Crippen LogP contribution in [0.15, 0.2) is 79.1 Å². The van der Waals surface area contributed by atoms with Crippen LogP contribution in [0.5, 0.6) is 11.5 Å². The summed E-state index contributed by atoms with van der Waals surface area (Å²) in [4.78, 5) is 44.2. The van der Waals surface area contributed by atoms with Crippen LogP contribution < -0.4 is 15.4 Å². The van der Waals surface area contributed by atoms with Crippen LogP contribution in [0.2, 0.25) is 0 Å². The summed E-state index contributed by atoms with van der Waals surface area (Å²) in [6.07, 6.45) is 4.28. The van der Waals surface area contributed by atoms with Gasteiger partial charge in [0.2, 0.25) is 5.91 Å². The Kier molecular flexibility index (Phi) is 5.33. The fourth-order valence-electron chi connectivity index (χ4n) is 5.08. The predicted octanol–water partition coefficient (Wildman–Crippen LogP) is 4.50. The Hall–Kier alpha value is -4.79. The Morgan fingerprint density at radius 1 is 1.08 bits per heavy atom. The number of aryl methyl sites for hydroxylation is 1. The van der Waals surface area contributed by atoms with E-state index in [9.17, 15) is 18.8 Å². The van der Waals surface area contributed by atoms with Gasteiger partial charge in [0.1, 0.15) is 29.4 Å². The average molecular weight is 496 g/mol. The van der Waals surface area contributed by atoms with Crippen LogP contribution >= 0.6 is 0 Å². The number of ether oxygens (including phenoxy) is 1. The predicted molar refractivity (Wildman–Crippen MR) is 134 cm³/mol. The van der Waals surface area contributed by atoms with E-state index in [-0.39, 0.29) is 0 Å². The highest BCUT2D eigenvalue weighted by Crippen LogP contribution is 2.41. The zero-order valence-electron chi connectivity index (χ0n) is 19.5. The van der Waals surface area contributed by atoms with Crippen molar-refractivity contribution in [3.63, 3.8) is 0 Å². The van der Waals surface area contributed by atoms with Gasteiger partial charge in [-0.2, -0.15) is 0 Å². The molecule has 8 nitrogen and oxygen atoms in total. The SMILES string of the molecule is O=C(CN1C(=O)NC2(CCc3ccccc32)C1=O)Nc1ccc(Oc2cccc(F)c2)c2ccncc12. The van der Waals surface area contributed by atoms with Gasteiger partial charge in [-0.05, 0) is 54.3 Å². The quantitative estimate of drug-likeness (QED) is 0.397. The molecule has 184 valence electrons. The Morgan fingerprint density at radius 3 is 2.81 bits per heavy atom. The number of halogens is 1. The van der Waals surface area contributed by atoms with Crippen molar-refractivity contribution in [2.75, 3.05) is 11.9 Å². The largest absolute Gasteiger partial charge is 0.457 e. The van der Waals surface area contributed by atoms with Crippen LogP contribution in [-0.4, -0.2) is 34.3 Å². The number of carbonyl (C=O) groups excluding carboxylic acids is 3. The Labute approximate surface area is 211 Å². The number of urea groups is 1. The molecule has 6 rings (SSSR count). The van der Waals surface area contributed by atoms with Gasteiger partial charge in [-0.15, -0.1) is 0 Å². The van der Waals surface area contributed by atoms with Crippen LogP contribution in [0.25, 0.3) is 10.8 Å². The number of fused-ring (bicyclic) bond motifs is 3. The minimum atomic E-state index is -1.12. The fraction of sp³-hybridized carbons (Fsp3) is 0.143. The normalized spacial score (nSPS) is 18.2. The molecule has 1 fully saturated rings. The van der Waals surface area contributed by atoms with Gasteiger partial charge in [-0.1, -0.05) is 30.3 Å². The van der Waals surface area contributed by atoms with Crippen molar-refractivity contribution >= 4 is 34.3 Å². The molecule has 2 heterocycles. The van der Waals surface area contributed by atoms with Gasteiger partial charge < -0.3 is 15.4 Å². The molecule has 2 N–H and O–H groups in total. The molecule has 4 amide bonds. The minimum absolute atomic E-state index is 0.330. The lowest BCUT2D eigenvalue weighted by molar-refractivity contribution is -0.134. The fourth-order valence-corrected chi connectivity index (χ4v) is 5.08. The lowest BCUT2D eigenvalue weighted by Crippen LogP contribution is -2.43. The first-order valence-corrected chi connectivity index (χ1v) is 11.8. The topological polar surface area (TPSA) is 101 Å². The molecule has 4 aromatic rings. The number of nitrogens with one attached hydrogen (secondary N) is 2. The first-order valence-electron chi connectivity index (χ1n) is 11.8. The second kappa shape index (κ2) is 8.70. The molecule has 0 bridgehead atoms. The third-order valence-electron chi connectivity index (χ3n) is 6.80. The van der Waals surface area contributed by atoms with Crippen molar-refractivity contribution in [2.24, 2.45) is 0 Å². The van der Waals surface area contributed by atoms with Crippen molar-refractivity contribution in [3.05, 3.63) is 96.1 Å². The van der Waals surface area contributed by atoms with Crippen molar-refractivity contribution in [1.29, 1.82) is 0 Å². The molecule has 3 aromatic carbocycles. The van der Waals surface area contributed by atoms with Crippen LogP contribution in [0.4, 0.5) is 14.9 Å². The summed E-state index contributed by atoms with van der Waals surface area (Å²) in [5.41, 5.74) is 1.11. The number of hydrogen-bond acceptors (Lipinski definition) is 5. The first-order chi connectivity index (χ1) is 17.9. The molecule has 0 saturated carbocycles. The molecular formula is C28H21FN4O4. The van der Waals surface area contributed by atoms with Crippen molar-refractivity contribution in [2.45, 2.75) is 18.4 Å². The van der Waals surface area contributed by atoms with Gasteiger partial charge in [-0.3, -0.25) is 19.5 Å². The maximum Gasteiger partial charge on any atom is 0.325 e. The second-order valence-electron chi connectivity index (χ2n) is 9.02. The number of anilines is 1. The second-order valence-corrected chi connectivity index (χ2v) is 9.02. The molecule has 37 heavy (non-hydrogen) atoms. The van der Waals surface area contributed by atoms with Gasteiger partial charge >= 0.3 is 6.03 Å². The molecule has 0 radical (unpaired) electrons. The van der Waals surface area contributed by atoms with Gasteiger partial charge in [0, 0.05) is 29.2 Å². The van der Waals surface area contributed by atoms with E-state index in [4.69, 9.17) is 4.74 Å². The summed E-state index contributed by atoms with van der Waals surface area (Å²) >= 11 is 0. The minimum Gasteiger partial charge on any atom is -0.457 e. The maximum atomic E-state index is 13.6. The number of pyridine rings is 1. The summed E-state index contributed by atoms with van der Waals surface area (Å²) in [6, 6.07) is 17.7. The zero-order valence-corrected chi connectivity index (χ0v) is 19.5. The zero-order chi connectivity index (χ0) is 25.6. The summed E-state index contributed by atoms with van der Waals surface area (Å²) in [5.74, 6) is -0.595. The van der Waals surface area contributed by atoms with Gasteiger partial charge in [0.25, 0.3) is 5.91 Å². The number of hydrogen-bond donors (Lipinski definition) is 2. The molecule has 1 saturated heterocycles. The Bertz CT molecular complexity index is 1590. The van der Waals surface area contributed by atoms with E-state index in [2.05, 4.69) is 15.6 Å². The molecule has 1 unspecified atom stereocenters. The smallest absolute Gasteiger partial charge is 0.325 e. The van der Waals surface area contributed by atoms with E-state index < -0.39 is 35.7 Å². The number of aromatic nitrogens is 1. The van der Waals surface area contributed by atoms with E-state index >= 15 is 0 Å². The molecule has 1 aliphatic heterocycles. The number of carbonyl (C=O) groups is 3. The van der Waals surface area contributed by atoms with Crippen LogP contribution in [0, 0.1) is 5.82 Å². The van der Waals surface area contributed by atoms with E-state index in [1.165, 1.54) is 12.1 Å². The third kappa shape index (κ3) is 3.85. The lowest BCUT2D eigenvalue weighted by Gasteiger charge is -2.22. The van der Waals surface area contributed by atoms with Gasteiger partial charge in [0.15, 0.2) is 0 Å². The van der Waals surface area contributed by atoms with E-state index in [0.29, 0.717) is 40.8 Å². The third-order valence-corrected chi connectivity index (χ3v) is 6.80. The monoisotopic (exact) mass is 496 g/mol. The molecule has 1 aromatic heterocycles. The summed E-state index contributed by atoms with van der Waals surface area (Å²) < 4.78 is 19.5. The van der Waals surface area contributed by atoms with Crippen LogP contribution in [0.1, 0.15) is 17.5 Å². The Morgan fingerprint density at radius 2 is 1.95 bits per heavy atom. The van der Waals surface area contributed by atoms with Crippen molar-refractivity contribution in [3.8, 4) is 11.5 Å². The number of benzene rings is 3. The standard InChI is InChI=1S/C28H21FN4O4/c29-18-5-3-6-19(14-18)37-24-9-8-23(21-15-30-13-11-20(21)24)31-25(34)16-33-26(35)28(32-27(33)36)12-10-17-4-1-2-7-22(17)28/h1-9,11,13-15H,10,12,16H2,(H,31,34)(H,32,36). The number of amides is 4. The molecule has 1 aliphatic carbocycles. The molecule has 1 atom stereocenters. The van der Waals surface area contributed by atoms with Crippen LogP contribution in [0.3, 0.4) is 0 Å².